The van der Waals surface area contributed by atoms with Gasteiger partial charge in [-0.15, -0.1) is 0 Å². The summed E-state index contributed by atoms with van der Waals surface area (Å²) in [7, 11) is 3.63. The Kier molecular flexibility index (Phi) is 6.04. The van der Waals surface area contributed by atoms with Gasteiger partial charge in [0.05, 0.1) is 17.3 Å². The highest BCUT2D eigenvalue weighted by Crippen LogP contribution is 2.28. The van der Waals surface area contributed by atoms with Gasteiger partial charge in [0, 0.05) is 30.9 Å². The van der Waals surface area contributed by atoms with Gasteiger partial charge < -0.3 is 9.64 Å². The molecule has 0 atom stereocenters. The second kappa shape index (κ2) is 8.46. The minimum Gasteiger partial charge on any atom is -0.487 e. The third-order valence-electron chi connectivity index (χ3n) is 4.16. The molecule has 3 aromatic rings. The highest BCUT2D eigenvalue weighted by Gasteiger charge is 2.13. The lowest BCUT2D eigenvalue weighted by atomic mass is 10.1. The predicted octanol–water partition coefficient (Wildman–Crippen LogP) is 4.58. The molecular formula is C20H19Cl2N3O2. The first-order valence-corrected chi connectivity index (χ1v) is 9.09. The van der Waals surface area contributed by atoms with Crippen LogP contribution in [0.15, 0.2) is 54.7 Å². The van der Waals surface area contributed by atoms with Gasteiger partial charge in [-0.2, -0.15) is 5.10 Å². The summed E-state index contributed by atoms with van der Waals surface area (Å²) >= 11 is 12.0. The quantitative estimate of drug-likeness (QED) is 0.604. The van der Waals surface area contributed by atoms with Crippen molar-refractivity contribution in [3.63, 3.8) is 0 Å². The van der Waals surface area contributed by atoms with Crippen molar-refractivity contribution in [2.45, 2.75) is 13.2 Å². The normalized spacial score (nSPS) is 10.7. The molecule has 0 fully saturated rings. The zero-order valence-corrected chi connectivity index (χ0v) is 16.5. The monoisotopic (exact) mass is 403 g/mol. The van der Waals surface area contributed by atoms with E-state index < -0.39 is 0 Å². The molecule has 0 N–H and O–H groups in total. The van der Waals surface area contributed by atoms with Crippen molar-refractivity contribution in [2.75, 3.05) is 7.05 Å². The lowest BCUT2D eigenvalue weighted by Crippen LogP contribution is -2.27. The number of carbonyl (C=O) groups excluding carboxylic acids is 1. The van der Waals surface area contributed by atoms with Crippen LogP contribution in [-0.2, 0) is 20.2 Å². The van der Waals surface area contributed by atoms with Crippen LogP contribution >= 0.6 is 23.2 Å². The van der Waals surface area contributed by atoms with E-state index in [2.05, 4.69) is 5.10 Å². The Labute approximate surface area is 168 Å². The van der Waals surface area contributed by atoms with Gasteiger partial charge in [0.15, 0.2) is 0 Å². The molecule has 5 nitrogen and oxygen atoms in total. The SMILES string of the molecule is CN(Cc1ccnn1C)C(=O)c1ccc(COc2ccc(Cl)cc2Cl)cc1. The molecule has 27 heavy (non-hydrogen) atoms. The maximum atomic E-state index is 12.6. The highest BCUT2D eigenvalue weighted by atomic mass is 35.5. The number of nitrogens with zero attached hydrogens (tertiary/aromatic N) is 3. The lowest BCUT2D eigenvalue weighted by Gasteiger charge is -2.17. The Morgan fingerprint density at radius 1 is 1.15 bits per heavy atom. The average molecular weight is 404 g/mol. The fourth-order valence-corrected chi connectivity index (χ4v) is 3.05. The minimum absolute atomic E-state index is 0.0515. The van der Waals surface area contributed by atoms with Gasteiger partial charge in [0.2, 0.25) is 0 Å². The van der Waals surface area contributed by atoms with Crippen molar-refractivity contribution in [3.8, 4) is 5.75 Å². The molecule has 3 rings (SSSR count). The zero-order valence-electron chi connectivity index (χ0n) is 15.0. The number of amides is 1. The van der Waals surface area contributed by atoms with Crippen LogP contribution in [0.25, 0.3) is 0 Å². The van der Waals surface area contributed by atoms with E-state index in [1.54, 1.807) is 53.2 Å². The fourth-order valence-electron chi connectivity index (χ4n) is 2.59. The summed E-state index contributed by atoms with van der Waals surface area (Å²) in [6.07, 6.45) is 1.72. The number of hydrogen-bond acceptors (Lipinski definition) is 3. The highest BCUT2D eigenvalue weighted by molar-refractivity contribution is 6.35. The third-order valence-corrected chi connectivity index (χ3v) is 4.69. The largest absolute Gasteiger partial charge is 0.487 e. The summed E-state index contributed by atoms with van der Waals surface area (Å²) in [6.45, 7) is 0.843. The Balaban J connectivity index is 1.60. The van der Waals surface area contributed by atoms with Gasteiger partial charge in [0.25, 0.3) is 5.91 Å². The first-order valence-electron chi connectivity index (χ1n) is 8.33. The number of rotatable bonds is 6. The number of benzene rings is 2. The van der Waals surface area contributed by atoms with E-state index in [0.717, 1.165) is 11.3 Å². The van der Waals surface area contributed by atoms with E-state index in [-0.39, 0.29) is 5.91 Å². The molecule has 2 aromatic carbocycles. The number of aromatic nitrogens is 2. The van der Waals surface area contributed by atoms with Crippen LogP contribution in [0.2, 0.25) is 10.0 Å². The number of aryl methyl sites for hydroxylation is 1. The predicted molar refractivity (Wildman–Crippen MR) is 106 cm³/mol. The summed E-state index contributed by atoms with van der Waals surface area (Å²) in [6, 6.07) is 14.3. The Morgan fingerprint density at radius 2 is 1.89 bits per heavy atom. The molecular weight excluding hydrogens is 385 g/mol. The number of carbonyl (C=O) groups is 1. The second-order valence-corrected chi connectivity index (χ2v) is 7.01. The second-order valence-electron chi connectivity index (χ2n) is 6.17. The molecule has 0 spiro atoms. The molecule has 0 aliphatic rings. The molecule has 0 bridgehead atoms. The standard InChI is InChI=1S/C20H19Cl2N3O2/c1-24(12-17-9-10-23-25(17)2)20(26)15-5-3-14(4-6-15)13-27-19-8-7-16(21)11-18(19)22/h3-11H,12-13H2,1-2H3. The van der Waals surface area contributed by atoms with Crippen molar-refractivity contribution >= 4 is 29.1 Å². The van der Waals surface area contributed by atoms with Crippen LogP contribution < -0.4 is 4.74 Å². The molecule has 1 heterocycles. The van der Waals surface area contributed by atoms with E-state index >= 15 is 0 Å². The average Bonchev–Trinajstić information content (AvgIpc) is 3.05. The third kappa shape index (κ3) is 4.81. The first kappa shape index (κ1) is 19.3. The first-order chi connectivity index (χ1) is 12.9. The molecule has 7 heteroatoms. The molecule has 0 aliphatic carbocycles. The summed E-state index contributed by atoms with van der Waals surface area (Å²) in [4.78, 5) is 14.2. The summed E-state index contributed by atoms with van der Waals surface area (Å²) in [5, 5.41) is 5.14. The Hall–Kier alpha value is -2.50. The van der Waals surface area contributed by atoms with Crippen molar-refractivity contribution < 1.29 is 9.53 Å². The van der Waals surface area contributed by atoms with Crippen LogP contribution in [0, 0.1) is 0 Å². The fraction of sp³-hybridized carbons (Fsp3) is 0.200. The molecule has 0 radical (unpaired) electrons. The van der Waals surface area contributed by atoms with Crippen molar-refractivity contribution in [1.29, 1.82) is 0 Å². The van der Waals surface area contributed by atoms with E-state index in [1.807, 2.05) is 25.2 Å². The van der Waals surface area contributed by atoms with Crippen molar-refractivity contribution in [2.24, 2.45) is 7.05 Å². The van der Waals surface area contributed by atoms with Crippen molar-refractivity contribution in [1.82, 2.24) is 14.7 Å². The van der Waals surface area contributed by atoms with Gasteiger partial charge in [0.1, 0.15) is 12.4 Å². The van der Waals surface area contributed by atoms with Crippen molar-refractivity contribution in [3.05, 3.63) is 81.6 Å². The van der Waals surface area contributed by atoms with Crippen LogP contribution in [0.4, 0.5) is 0 Å². The summed E-state index contributed by atoms with van der Waals surface area (Å²) in [5.74, 6) is 0.515. The van der Waals surface area contributed by atoms with Gasteiger partial charge in [-0.3, -0.25) is 9.48 Å². The van der Waals surface area contributed by atoms with E-state index in [4.69, 9.17) is 27.9 Å². The summed E-state index contributed by atoms with van der Waals surface area (Å²) in [5.41, 5.74) is 2.52. The van der Waals surface area contributed by atoms with E-state index in [0.29, 0.717) is 34.5 Å². The molecule has 1 amide bonds. The number of ether oxygens (including phenoxy) is 1. The van der Waals surface area contributed by atoms with E-state index in [1.165, 1.54) is 0 Å². The molecule has 0 saturated carbocycles. The van der Waals surface area contributed by atoms with Gasteiger partial charge in [-0.1, -0.05) is 35.3 Å². The topological polar surface area (TPSA) is 47.4 Å². The van der Waals surface area contributed by atoms with Crippen LogP contribution in [0.3, 0.4) is 0 Å². The lowest BCUT2D eigenvalue weighted by molar-refractivity contribution is 0.0782. The minimum atomic E-state index is -0.0515. The molecule has 0 saturated heterocycles. The van der Waals surface area contributed by atoms with Gasteiger partial charge in [-0.25, -0.2) is 0 Å². The van der Waals surface area contributed by atoms with Gasteiger partial charge >= 0.3 is 0 Å². The number of hydrogen-bond donors (Lipinski definition) is 0. The summed E-state index contributed by atoms with van der Waals surface area (Å²) < 4.78 is 7.47. The van der Waals surface area contributed by atoms with Crippen LogP contribution in [0.5, 0.6) is 5.75 Å². The molecule has 140 valence electrons. The van der Waals surface area contributed by atoms with Crippen LogP contribution in [-0.4, -0.2) is 27.6 Å². The molecule has 0 aliphatic heterocycles. The smallest absolute Gasteiger partial charge is 0.253 e. The van der Waals surface area contributed by atoms with Gasteiger partial charge in [-0.05, 0) is 42.0 Å². The number of halogens is 2. The van der Waals surface area contributed by atoms with E-state index in [9.17, 15) is 4.79 Å². The Bertz CT molecular complexity index is 939. The van der Waals surface area contributed by atoms with Crippen LogP contribution in [0.1, 0.15) is 21.6 Å². The maximum Gasteiger partial charge on any atom is 0.253 e. The maximum absolute atomic E-state index is 12.6. The Morgan fingerprint density at radius 3 is 2.52 bits per heavy atom. The molecule has 1 aromatic heterocycles. The molecule has 0 unspecified atom stereocenters. The zero-order chi connectivity index (χ0) is 19.4.